The fourth-order valence-corrected chi connectivity index (χ4v) is 0.289. The summed E-state index contributed by atoms with van der Waals surface area (Å²) in [5, 5.41) is 0. The third-order valence-corrected chi connectivity index (χ3v) is 0.841. The second kappa shape index (κ2) is 16.0. The lowest BCUT2D eigenvalue weighted by Gasteiger charge is -1.91. The van der Waals surface area contributed by atoms with Gasteiger partial charge >= 0.3 is 0 Å². The van der Waals surface area contributed by atoms with Gasteiger partial charge in [0.1, 0.15) is 0 Å². The summed E-state index contributed by atoms with van der Waals surface area (Å²) in [6, 6.07) is 0. The van der Waals surface area contributed by atoms with Gasteiger partial charge in [0.05, 0.1) is 0 Å². The van der Waals surface area contributed by atoms with Gasteiger partial charge < -0.3 is 9.47 Å². The quantitative estimate of drug-likeness (QED) is 0.568. The molecule has 2 heteroatoms. The van der Waals surface area contributed by atoms with Crippen molar-refractivity contribution in [1.29, 1.82) is 0 Å². The fourth-order valence-electron chi connectivity index (χ4n) is 0.289. The van der Waals surface area contributed by atoms with Gasteiger partial charge in [-0.15, -0.1) is 0 Å². The highest BCUT2D eigenvalue weighted by molar-refractivity contribution is 4.19. The van der Waals surface area contributed by atoms with Gasteiger partial charge in [-0.25, -0.2) is 0 Å². The first-order chi connectivity index (χ1) is 4.83. The lowest BCUT2D eigenvalue weighted by atomic mass is 10.5. The molecule has 0 saturated heterocycles. The van der Waals surface area contributed by atoms with Crippen LogP contribution in [0.4, 0.5) is 0 Å². The van der Waals surface area contributed by atoms with Gasteiger partial charge in [0.25, 0.3) is 0 Å². The Balaban J connectivity index is 0. The zero-order chi connectivity index (χ0) is 8.24. The second-order valence-electron chi connectivity index (χ2n) is 1.77. The Bertz CT molecular complexity index is 32.2. The Hall–Kier alpha value is -0.0800. The highest BCUT2D eigenvalue weighted by Crippen LogP contribution is 1.75. The van der Waals surface area contributed by atoms with E-state index in [4.69, 9.17) is 4.74 Å². The van der Waals surface area contributed by atoms with Gasteiger partial charge in [-0.05, 0) is 20.3 Å². The minimum Gasteiger partial charge on any atom is -0.385 e. The first kappa shape index (κ1) is 12.6. The minimum atomic E-state index is 0.819. The predicted octanol–water partition coefficient (Wildman–Crippen LogP) is 2.09. The summed E-state index contributed by atoms with van der Waals surface area (Å²) in [5.74, 6) is 0. The van der Waals surface area contributed by atoms with E-state index in [0.29, 0.717) is 0 Å². The topological polar surface area (TPSA) is 18.5 Å². The van der Waals surface area contributed by atoms with Crippen LogP contribution in [0, 0.1) is 0 Å². The molecule has 0 saturated carbocycles. The van der Waals surface area contributed by atoms with Gasteiger partial charge in [0.2, 0.25) is 0 Å². The summed E-state index contributed by atoms with van der Waals surface area (Å²) < 4.78 is 9.52. The molecule has 0 radical (unpaired) electrons. The molecule has 0 aliphatic carbocycles. The highest BCUT2D eigenvalue weighted by atomic mass is 16.5. The van der Waals surface area contributed by atoms with E-state index >= 15 is 0 Å². The van der Waals surface area contributed by atoms with Crippen molar-refractivity contribution in [2.75, 3.05) is 26.9 Å². The van der Waals surface area contributed by atoms with Crippen molar-refractivity contribution in [3.05, 3.63) is 0 Å². The smallest absolute Gasteiger partial charge is 0.0463 e. The Morgan fingerprint density at radius 1 is 1.00 bits per heavy atom. The van der Waals surface area contributed by atoms with E-state index in [-0.39, 0.29) is 0 Å². The van der Waals surface area contributed by atoms with E-state index in [2.05, 4.69) is 11.7 Å². The average Bonchev–Trinajstić information content (AvgIpc) is 2.01. The van der Waals surface area contributed by atoms with Gasteiger partial charge in [0, 0.05) is 26.9 Å². The lowest BCUT2D eigenvalue weighted by molar-refractivity contribution is 0.148. The molecular weight excluding hydrogens is 128 g/mol. The Kier molecular flexibility index (Phi) is 20.1. The minimum absolute atomic E-state index is 0.819. The van der Waals surface area contributed by atoms with Crippen LogP contribution in [-0.4, -0.2) is 26.9 Å². The van der Waals surface area contributed by atoms with Gasteiger partial charge in [-0.3, -0.25) is 0 Å². The van der Waals surface area contributed by atoms with Crippen molar-refractivity contribution in [3.63, 3.8) is 0 Å². The largest absolute Gasteiger partial charge is 0.385 e. The van der Waals surface area contributed by atoms with Crippen molar-refractivity contribution in [3.8, 4) is 0 Å². The van der Waals surface area contributed by atoms with Crippen molar-refractivity contribution in [2.45, 2.75) is 27.2 Å². The third kappa shape index (κ3) is 24.7. The SMILES string of the molecule is CCCOCC.CCOC. The molecule has 0 heterocycles. The number of hydrogen-bond acceptors (Lipinski definition) is 2. The van der Waals surface area contributed by atoms with Crippen LogP contribution in [0.25, 0.3) is 0 Å². The summed E-state index contributed by atoms with van der Waals surface area (Å²) in [7, 11) is 1.68. The van der Waals surface area contributed by atoms with E-state index < -0.39 is 0 Å². The van der Waals surface area contributed by atoms with Crippen LogP contribution in [-0.2, 0) is 9.47 Å². The molecule has 0 amide bonds. The van der Waals surface area contributed by atoms with Gasteiger partial charge in [0.15, 0.2) is 0 Å². The molecule has 0 rings (SSSR count). The van der Waals surface area contributed by atoms with Crippen molar-refractivity contribution in [1.82, 2.24) is 0 Å². The molecule has 2 nitrogen and oxygen atoms in total. The summed E-state index contributed by atoms with van der Waals surface area (Å²) >= 11 is 0. The fraction of sp³-hybridized carbons (Fsp3) is 1.00. The molecule has 0 bridgehead atoms. The van der Waals surface area contributed by atoms with Gasteiger partial charge in [-0.2, -0.15) is 0 Å². The van der Waals surface area contributed by atoms with E-state index in [1.165, 1.54) is 0 Å². The van der Waals surface area contributed by atoms with E-state index in [9.17, 15) is 0 Å². The molecule has 0 aromatic carbocycles. The van der Waals surface area contributed by atoms with E-state index in [0.717, 1.165) is 26.2 Å². The van der Waals surface area contributed by atoms with Crippen LogP contribution in [0.2, 0.25) is 0 Å². The van der Waals surface area contributed by atoms with E-state index in [1.54, 1.807) is 7.11 Å². The normalized spacial score (nSPS) is 8.40. The summed E-state index contributed by atoms with van der Waals surface area (Å²) in [4.78, 5) is 0. The van der Waals surface area contributed by atoms with Crippen LogP contribution in [0.5, 0.6) is 0 Å². The maximum absolute atomic E-state index is 4.98. The molecule has 0 unspecified atom stereocenters. The molecule has 0 aromatic heterocycles. The Morgan fingerprint density at radius 3 is 1.60 bits per heavy atom. The maximum Gasteiger partial charge on any atom is 0.0463 e. The van der Waals surface area contributed by atoms with Crippen LogP contribution in [0.3, 0.4) is 0 Å². The average molecular weight is 148 g/mol. The van der Waals surface area contributed by atoms with Crippen molar-refractivity contribution in [2.24, 2.45) is 0 Å². The Labute approximate surface area is 64.5 Å². The van der Waals surface area contributed by atoms with Crippen LogP contribution in [0.15, 0.2) is 0 Å². The summed E-state index contributed by atoms with van der Waals surface area (Å²) in [5.41, 5.74) is 0. The molecule has 0 fully saturated rings. The third-order valence-electron chi connectivity index (χ3n) is 0.841. The number of methoxy groups -OCH3 is 1. The van der Waals surface area contributed by atoms with Gasteiger partial charge in [-0.1, -0.05) is 6.92 Å². The number of rotatable bonds is 4. The van der Waals surface area contributed by atoms with Crippen molar-refractivity contribution < 1.29 is 9.47 Å². The molecule has 0 aromatic rings. The molecule has 10 heavy (non-hydrogen) atoms. The molecule has 0 aliphatic heterocycles. The second-order valence-corrected chi connectivity index (χ2v) is 1.77. The molecule has 0 spiro atoms. The maximum atomic E-state index is 4.98. The molecule has 64 valence electrons. The summed E-state index contributed by atoms with van der Waals surface area (Å²) in [6.45, 7) is 8.66. The first-order valence-electron chi connectivity index (χ1n) is 3.90. The van der Waals surface area contributed by atoms with E-state index in [1.807, 2.05) is 13.8 Å². The standard InChI is InChI=1S/C5H12O.C3H8O/c1-3-5-6-4-2;1-3-4-2/h3-5H2,1-2H3;3H2,1-2H3. The van der Waals surface area contributed by atoms with Crippen molar-refractivity contribution >= 4 is 0 Å². The molecule has 0 atom stereocenters. The molecular formula is C8H20O2. The molecule has 0 aliphatic rings. The summed E-state index contributed by atoms with van der Waals surface area (Å²) in [6.07, 6.45) is 1.13. The highest BCUT2D eigenvalue weighted by Gasteiger charge is 1.72. The predicted molar refractivity (Wildman–Crippen MR) is 44.3 cm³/mol. The molecule has 0 N–H and O–H groups in total. The number of ether oxygens (including phenoxy) is 2. The number of hydrogen-bond donors (Lipinski definition) is 0. The zero-order valence-electron chi connectivity index (χ0n) is 7.64. The monoisotopic (exact) mass is 148 g/mol. The first-order valence-corrected chi connectivity index (χ1v) is 3.90. The van der Waals surface area contributed by atoms with Crippen LogP contribution in [0.1, 0.15) is 27.2 Å². The van der Waals surface area contributed by atoms with Crippen LogP contribution < -0.4 is 0 Å². The Morgan fingerprint density at radius 2 is 1.50 bits per heavy atom. The lowest BCUT2D eigenvalue weighted by Crippen LogP contribution is -1.88. The van der Waals surface area contributed by atoms with Crippen LogP contribution >= 0.6 is 0 Å². The zero-order valence-corrected chi connectivity index (χ0v) is 7.64.